The van der Waals surface area contributed by atoms with Gasteiger partial charge in [0.1, 0.15) is 22.6 Å². The number of aromatic amines is 2. The van der Waals surface area contributed by atoms with E-state index in [-0.39, 0.29) is 50.3 Å². The number of carbonyl (C=O) groups is 2. The van der Waals surface area contributed by atoms with Crippen molar-refractivity contribution in [3.63, 3.8) is 0 Å². The molecule has 12 nitrogen and oxygen atoms in total. The summed E-state index contributed by atoms with van der Waals surface area (Å²) in [6.45, 7) is 19.1. The second-order valence-electron chi connectivity index (χ2n) is 14.6. The number of H-pyrrole nitrogens is 2. The largest absolute Gasteiger partial charge is 0.508 e. The standard InChI is InChI=1S/C21H19N3O3.C20H19BrN2O3.CH4NP/c1-21(2,3)14-9-16(22-4)17(10-18(14)25)24-20(27)13-11-23-15-8-6-5-7-12(15)19(13)26;1-20(2,3)13-8-14(21)16(9-17(13)24)23-19(26)12-10-22-15-7-5-4-6-11(15)18(12)25;1-2-3/h5-11,25H,1-3H3,(H,23,26)(H,24,27);4-10,24H,1-3H3,(H,22,25)(H,23,26);3H,1H3. The number of nitrogens with one attached hydrogen (secondary N) is 4. The molecule has 0 radical (unpaired) electrons. The molecule has 0 saturated carbocycles. The fraction of sp³-hybridized carbons (Fsp3) is 0.214. The molecule has 0 bridgehead atoms. The molecule has 2 aromatic heterocycles. The highest BCUT2D eigenvalue weighted by molar-refractivity contribution is 9.10. The van der Waals surface area contributed by atoms with E-state index in [9.17, 15) is 29.4 Å². The van der Waals surface area contributed by atoms with Gasteiger partial charge in [-0.3, -0.25) is 23.9 Å². The van der Waals surface area contributed by atoms with Gasteiger partial charge < -0.3 is 30.8 Å². The number of nitrogens with zero attached hydrogens (tertiary/aromatic N) is 2. The lowest BCUT2D eigenvalue weighted by Gasteiger charge is -2.22. The molecule has 6 aromatic rings. The van der Waals surface area contributed by atoms with Crippen LogP contribution in [0.4, 0.5) is 17.1 Å². The van der Waals surface area contributed by atoms with Crippen LogP contribution in [0.15, 0.2) is 104 Å². The van der Waals surface area contributed by atoms with E-state index in [2.05, 4.69) is 55.2 Å². The van der Waals surface area contributed by atoms with Gasteiger partial charge in [-0.15, -0.1) is 0 Å². The van der Waals surface area contributed by atoms with Crippen LogP contribution < -0.4 is 21.5 Å². The second kappa shape index (κ2) is 17.6. The Hall–Kier alpha value is -6.09. The minimum absolute atomic E-state index is 0.00925. The third kappa shape index (κ3) is 9.76. The van der Waals surface area contributed by atoms with Crippen molar-refractivity contribution in [1.82, 2.24) is 9.97 Å². The monoisotopic (exact) mass is 836 g/mol. The Labute approximate surface area is 334 Å². The average Bonchev–Trinajstić information content (AvgIpc) is 3.13. The Kier molecular flexibility index (Phi) is 13.4. The molecule has 14 heteroatoms. The summed E-state index contributed by atoms with van der Waals surface area (Å²) < 4.78 is 3.94. The van der Waals surface area contributed by atoms with E-state index in [0.717, 1.165) is 5.56 Å². The summed E-state index contributed by atoms with van der Waals surface area (Å²) in [6, 6.07) is 20.1. The zero-order chi connectivity index (χ0) is 41.5. The van der Waals surface area contributed by atoms with Gasteiger partial charge in [0.2, 0.25) is 16.5 Å². The number of fused-ring (bicyclic) bond motifs is 2. The number of phenols is 2. The quantitative estimate of drug-likeness (QED) is 0.0759. The first-order valence-electron chi connectivity index (χ1n) is 17.2. The van der Waals surface area contributed by atoms with Gasteiger partial charge in [-0.2, -0.15) is 0 Å². The summed E-state index contributed by atoms with van der Waals surface area (Å²) in [5.41, 5.74) is 2.01. The lowest BCUT2D eigenvalue weighted by Crippen LogP contribution is -2.22. The number of hydrogen-bond acceptors (Lipinski definition) is 7. The number of aromatic hydroxyl groups is 2. The lowest BCUT2D eigenvalue weighted by molar-refractivity contribution is 0.101. The number of amides is 2. The number of anilines is 2. The molecule has 0 fully saturated rings. The molecular weight excluding hydrogens is 795 g/mol. The molecule has 0 unspecified atom stereocenters. The molecule has 0 spiro atoms. The highest BCUT2D eigenvalue weighted by atomic mass is 79.9. The lowest BCUT2D eigenvalue weighted by atomic mass is 9.86. The SMILES string of the molecule is CC(C)(C)c1cc(Br)c(NC(=O)c2c[nH]c3ccccc3c2=O)cc1O.CN=P.[C-]#[N+]c1cc(C(C)(C)C)c(O)cc1NC(=O)c1c[nH]c2ccccc2c1=O. The molecule has 2 heterocycles. The average molecular weight is 838 g/mol. The Morgan fingerprint density at radius 3 is 1.55 bits per heavy atom. The summed E-state index contributed by atoms with van der Waals surface area (Å²) >= 11 is 3.42. The Morgan fingerprint density at radius 2 is 1.12 bits per heavy atom. The van der Waals surface area contributed by atoms with Crippen molar-refractivity contribution in [2.24, 2.45) is 4.74 Å². The number of hydrogen-bond donors (Lipinski definition) is 6. The van der Waals surface area contributed by atoms with Gasteiger partial charge in [0.25, 0.3) is 11.8 Å². The van der Waals surface area contributed by atoms with Crippen LogP contribution in [0.1, 0.15) is 73.4 Å². The Bertz CT molecular complexity index is 2630. The maximum atomic E-state index is 12.6. The van der Waals surface area contributed by atoms with Crippen molar-refractivity contribution in [1.29, 1.82) is 0 Å². The maximum Gasteiger partial charge on any atom is 0.261 e. The van der Waals surface area contributed by atoms with Crippen molar-refractivity contribution >= 4 is 75.6 Å². The van der Waals surface area contributed by atoms with E-state index in [1.54, 1.807) is 61.6 Å². The number of rotatable bonds is 4. The third-order valence-corrected chi connectivity index (χ3v) is 9.15. The van der Waals surface area contributed by atoms with Crippen LogP contribution in [0.25, 0.3) is 26.7 Å². The van der Waals surface area contributed by atoms with Gasteiger partial charge in [-0.05, 0) is 83.8 Å². The number of aromatic nitrogens is 2. The normalized spacial score (nSPS) is 11.0. The van der Waals surface area contributed by atoms with Crippen LogP contribution in [-0.2, 0) is 10.8 Å². The Morgan fingerprint density at radius 1 is 0.732 bits per heavy atom. The van der Waals surface area contributed by atoms with E-state index < -0.39 is 17.2 Å². The minimum atomic E-state index is -0.644. The summed E-state index contributed by atoms with van der Waals surface area (Å²) in [5, 5.41) is 26.7. The van der Waals surface area contributed by atoms with Crippen molar-refractivity contribution in [2.45, 2.75) is 52.4 Å². The molecule has 2 amide bonds. The molecular formula is C42H42BrN6O6P. The summed E-state index contributed by atoms with van der Waals surface area (Å²) in [5.74, 6) is -1.11. The molecule has 6 rings (SSSR count). The van der Waals surface area contributed by atoms with Gasteiger partial charge in [0, 0.05) is 57.3 Å². The molecule has 288 valence electrons. The fourth-order valence-electron chi connectivity index (χ4n) is 5.68. The summed E-state index contributed by atoms with van der Waals surface area (Å²) in [6.07, 6.45) is 2.75. The van der Waals surface area contributed by atoms with Gasteiger partial charge in [-0.25, -0.2) is 4.85 Å². The van der Waals surface area contributed by atoms with E-state index in [4.69, 9.17) is 6.57 Å². The predicted molar refractivity (Wildman–Crippen MR) is 229 cm³/mol. The van der Waals surface area contributed by atoms with Gasteiger partial charge in [0.05, 0.1) is 17.9 Å². The van der Waals surface area contributed by atoms with Crippen LogP contribution >= 0.6 is 25.0 Å². The van der Waals surface area contributed by atoms with Crippen molar-refractivity contribution < 1.29 is 19.8 Å². The number of pyridine rings is 2. The predicted octanol–water partition coefficient (Wildman–Crippen LogP) is 9.82. The summed E-state index contributed by atoms with van der Waals surface area (Å²) in [7, 11) is 4.47. The highest BCUT2D eigenvalue weighted by Crippen LogP contribution is 2.39. The van der Waals surface area contributed by atoms with Crippen LogP contribution in [0.2, 0.25) is 0 Å². The minimum Gasteiger partial charge on any atom is -0.508 e. The first kappa shape index (κ1) is 42.6. The second-order valence-corrected chi connectivity index (χ2v) is 15.9. The molecule has 0 atom stereocenters. The van der Waals surface area contributed by atoms with E-state index in [1.807, 2.05) is 47.6 Å². The van der Waals surface area contributed by atoms with E-state index in [0.29, 0.717) is 37.5 Å². The smallest absolute Gasteiger partial charge is 0.261 e. The first-order valence-corrected chi connectivity index (χ1v) is 18.4. The fourth-order valence-corrected chi connectivity index (χ4v) is 6.12. The number of halogens is 1. The van der Waals surface area contributed by atoms with Crippen LogP contribution in [0, 0.1) is 6.57 Å². The van der Waals surface area contributed by atoms with Gasteiger partial charge >= 0.3 is 0 Å². The third-order valence-electron chi connectivity index (χ3n) is 8.50. The zero-order valence-corrected chi connectivity index (χ0v) is 34.5. The molecule has 0 aliphatic heterocycles. The summed E-state index contributed by atoms with van der Waals surface area (Å²) in [4.78, 5) is 59.7. The van der Waals surface area contributed by atoms with Crippen LogP contribution in [-0.4, -0.2) is 39.0 Å². The topological polar surface area (TPSA) is 181 Å². The number of para-hydroxylation sites is 2. The first-order chi connectivity index (χ1) is 26.3. The number of phenolic OH excluding ortho intramolecular Hbond substituents is 2. The van der Waals surface area contributed by atoms with Gasteiger partial charge in [0.15, 0.2) is 0 Å². The van der Waals surface area contributed by atoms with Crippen molar-refractivity contribution in [3.05, 3.63) is 144 Å². The van der Waals surface area contributed by atoms with Crippen molar-refractivity contribution in [2.75, 3.05) is 17.7 Å². The molecule has 6 N–H and O–H groups in total. The zero-order valence-electron chi connectivity index (χ0n) is 31.9. The molecule has 0 saturated heterocycles. The maximum absolute atomic E-state index is 12.6. The van der Waals surface area contributed by atoms with Crippen molar-refractivity contribution in [3.8, 4) is 11.5 Å². The molecule has 0 aliphatic carbocycles. The van der Waals surface area contributed by atoms with E-state index in [1.165, 1.54) is 24.5 Å². The number of benzene rings is 4. The molecule has 4 aromatic carbocycles. The Balaban J connectivity index is 0.000000233. The molecule has 0 aliphatic rings. The van der Waals surface area contributed by atoms with Crippen LogP contribution in [0.5, 0.6) is 11.5 Å². The van der Waals surface area contributed by atoms with E-state index >= 15 is 0 Å². The highest BCUT2D eigenvalue weighted by Gasteiger charge is 2.23. The van der Waals surface area contributed by atoms with Crippen LogP contribution in [0.3, 0.4) is 0 Å². The molecule has 56 heavy (non-hydrogen) atoms. The number of carbonyl (C=O) groups excluding carboxylic acids is 2. The van der Waals surface area contributed by atoms with Gasteiger partial charge in [-0.1, -0.05) is 65.8 Å².